The van der Waals surface area contributed by atoms with Gasteiger partial charge in [0.15, 0.2) is 0 Å². The summed E-state index contributed by atoms with van der Waals surface area (Å²) in [5, 5.41) is 13.7. The second kappa shape index (κ2) is 6.39. The van der Waals surface area contributed by atoms with Crippen molar-refractivity contribution >= 4 is 17.2 Å². The largest absolute Gasteiger partial charge is 0.392 e. The summed E-state index contributed by atoms with van der Waals surface area (Å²) in [6.45, 7) is 6.81. The zero-order chi connectivity index (χ0) is 14.8. The number of aromatic nitrogens is 1. The Hall–Kier alpha value is -1.02. The Labute approximate surface area is 128 Å². The number of hydrogen-bond acceptors (Lipinski definition) is 6. The molecule has 0 aromatic carbocycles. The highest BCUT2D eigenvalue weighted by Crippen LogP contribution is 2.16. The third-order valence-electron chi connectivity index (χ3n) is 4.14. The van der Waals surface area contributed by atoms with Gasteiger partial charge in [0.25, 0.3) is 0 Å². The van der Waals surface area contributed by atoms with Crippen molar-refractivity contribution in [1.29, 1.82) is 0 Å². The minimum absolute atomic E-state index is 0.139. The zero-order valence-corrected chi connectivity index (χ0v) is 13.1. The van der Waals surface area contributed by atoms with Gasteiger partial charge in [-0.3, -0.25) is 9.69 Å². The van der Waals surface area contributed by atoms with Gasteiger partial charge in [0.05, 0.1) is 17.2 Å². The molecule has 2 unspecified atom stereocenters. The summed E-state index contributed by atoms with van der Waals surface area (Å²) in [6, 6.07) is -0.198. The number of aliphatic hydroxyl groups is 1. The number of rotatable bonds is 3. The molecule has 3 rings (SSSR count). The Morgan fingerprint density at radius 3 is 2.81 bits per heavy atom. The summed E-state index contributed by atoms with van der Waals surface area (Å²) in [5.41, 5.74) is 0. The molecule has 1 amide bonds. The van der Waals surface area contributed by atoms with E-state index in [1.807, 2.05) is 18.0 Å². The molecule has 1 aromatic rings. The van der Waals surface area contributed by atoms with Gasteiger partial charge >= 0.3 is 0 Å². The van der Waals surface area contributed by atoms with Crippen LogP contribution >= 0.6 is 11.3 Å². The van der Waals surface area contributed by atoms with Crippen LogP contribution in [0.5, 0.6) is 0 Å². The molecular formula is C14H22N4O2S. The highest BCUT2D eigenvalue weighted by Gasteiger charge is 2.32. The van der Waals surface area contributed by atoms with Gasteiger partial charge in [-0.2, -0.15) is 0 Å². The van der Waals surface area contributed by atoms with Crippen LogP contribution in [0.15, 0.2) is 6.20 Å². The van der Waals surface area contributed by atoms with Crippen molar-refractivity contribution in [2.24, 2.45) is 0 Å². The smallest absolute Gasteiger partial charge is 0.239 e. The normalized spacial score (nSPS) is 27.2. The molecule has 2 atom stereocenters. The van der Waals surface area contributed by atoms with Crippen molar-refractivity contribution in [2.75, 3.05) is 32.7 Å². The monoisotopic (exact) mass is 310 g/mol. The lowest BCUT2D eigenvalue weighted by atomic mass is 10.1. The van der Waals surface area contributed by atoms with Crippen LogP contribution in [0.4, 0.5) is 0 Å². The maximum atomic E-state index is 12.3. The second-order valence-corrected chi connectivity index (χ2v) is 7.12. The quantitative estimate of drug-likeness (QED) is 0.810. The van der Waals surface area contributed by atoms with Crippen LogP contribution in [0.2, 0.25) is 0 Å². The second-order valence-electron chi connectivity index (χ2n) is 5.80. The molecule has 0 aliphatic carbocycles. The topological polar surface area (TPSA) is 68.7 Å². The third-order valence-corrected chi connectivity index (χ3v) is 5.04. The van der Waals surface area contributed by atoms with E-state index >= 15 is 0 Å². The summed E-state index contributed by atoms with van der Waals surface area (Å²) in [5.74, 6) is 0.139. The molecule has 2 aliphatic rings. The summed E-state index contributed by atoms with van der Waals surface area (Å²) < 4.78 is 0. The van der Waals surface area contributed by atoms with Crippen molar-refractivity contribution in [3.63, 3.8) is 0 Å². The van der Waals surface area contributed by atoms with Gasteiger partial charge in [-0.15, -0.1) is 11.3 Å². The van der Waals surface area contributed by atoms with Gasteiger partial charge in [0, 0.05) is 50.3 Å². The molecule has 1 aromatic heterocycles. The van der Waals surface area contributed by atoms with E-state index in [9.17, 15) is 9.90 Å². The lowest BCUT2D eigenvalue weighted by Gasteiger charge is -2.35. The van der Waals surface area contributed by atoms with E-state index in [1.165, 1.54) is 4.88 Å². The van der Waals surface area contributed by atoms with Crippen molar-refractivity contribution < 1.29 is 9.90 Å². The predicted octanol–water partition coefficient (Wildman–Crippen LogP) is -0.181. The Bertz CT molecular complexity index is 499. The van der Waals surface area contributed by atoms with Gasteiger partial charge in [0.1, 0.15) is 0 Å². The van der Waals surface area contributed by atoms with E-state index < -0.39 is 0 Å². The molecule has 6 nitrogen and oxygen atoms in total. The van der Waals surface area contributed by atoms with Gasteiger partial charge in [-0.05, 0) is 13.3 Å². The number of nitrogens with zero attached hydrogens (tertiary/aromatic N) is 3. The average molecular weight is 310 g/mol. The van der Waals surface area contributed by atoms with Crippen LogP contribution in [0, 0.1) is 6.92 Å². The molecule has 2 aliphatic heterocycles. The lowest BCUT2D eigenvalue weighted by molar-refractivity contribution is -0.135. The first-order valence-corrected chi connectivity index (χ1v) is 8.27. The number of aryl methyl sites for hydroxylation is 1. The van der Waals surface area contributed by atoms with Crippen molar-refractivity contribution in [3.05, 3.63) is 16.1 Å². The predicted molar refractivity (Wildman–Crippen MR) is 81.1 cm³/mol. The van der Waals surface area contributed by atoms with Crippen LogP contribution in [0.25, 0.3) is 0 Å². The zero-order valence-electron chi connectivity index (χ0n) is 12.3. The van der Waals surface area contributed by atoms with E-state index in [0.29, 0.717) is 13.0 Å². The van der Waals surface area contributed by atoms with E-state index in [4.69, 9.17) is 0 Å². The first-order chi connectivity index (χ1) is 10.1. The Morgan fingerprint density at radius 2 is 2.24 bits per heavy atom. The SMILES string of the molecule is Cc1ncc(CN2CCN(C(=O)C3CC(O)CN3)CC2)s1. The van der Waals surface area contributed by atoms with E-state index in [-0.39, 0.29) is 18.1 Å². The molecule has 3 heterocycles. The number of β-amino-alcohol motifs (C(OH)–C–C–N with tert-alkyl or cyclic N) is 1. The van der Waals surface area contributed by atoms with Crippen LogP contribution in [0.3, 0.4) is 0 Å². The number of piperazine rings is 1. The van der Waals surface area contributed by atoms with E-state index in [0.717, 1.165) is 37.7 Å². The summed E-state index contributed by atoms with van der Waals surface area (Å²) in [4.78, 5) is 22.2. The summed E-state index contributed by atoms with van der Waals surface area (Å²) >= 11 is 1.74. The molecule has 116 valence electrons. The minimum Gasteiger partial charge on any atom is -0.392 e. The van der Waals surface area contributed by atoms with E-state index in [2.05, 4.69) is 15.2 Å². The summed E-state index contributed by atoms with van der Waals surface area (Å²) in [7, 11) is 0. The van der Waals surface area contributed by atoms with Gasteiger partial charge in [-0.25, -0.2) is 4.98 Å². The highest BCUT2D eigenvalue weighted by molar-refractivity contribution is 7.11. The average Bonchev–Trinajstić information content (AvgIpc) is 3.08. The Morgan fingerprint density at radius 1 is 1.48 bits per heavy atom. The van der Waals surface area contributed by atoms with Crippen molar-refractivity contribution in [3.8, 4) is 0 Å². The molecule has 0 bridgehead atoms. The minimum atomic E-state index is -0.380. The number of aliphatic hydroxyl groups excluding tert-OH is 1. The van der Waals surface area contributed by atoms with E-state index in [1.54, 1.807) is 11.3 Å². The standard InChI is InChI=1S/C14H22N4O2S/c1-10-15-8-12(21-10)9-17-2-4-18(5-3-17)14(20)13-6-11(19)7-16-13/h8,11,13,16,19H,2-7,9H2,1H3. The van der Waals surface area contributed by atoms with Gasteiger partial charge < -0.3 is 15.3 Å². The molecule has 7 heteroatoms. The number of amides is 1. The number of thiazole rings is 1. The maximum absolute atomic E-state index is 12.3. The van der Waals surface area contributed by atoms with Crippen molar-refractivity contribution in [1.82, 2.24) is 20.1 Å². The highest BCUT2D eigenvalue weighted by atomic mass is 32.1. The number of carbonyl (C=O) groups excluding carboxylic acids is 1. The molecule has 0 radical (unpaired) electrons. The molecular weight excluding hydrogens is 288 g/mol. The molecule has 2 saturated heterocycles. The molecule has 2 fully saturated rings. The fraction of sp³-hybridized carbons (Fsp3) is 0.714. The Kier molecular flexibility index (Phi) is 4.54. The van der Waals surface area contributed by atoms with Crippen LogP contribution < -0.4 is 5.32 Å². The fourth-order valence-corrected chi connectivity index (χ4v) is 3.79. The van der Waals surface area contributed by atoms with Crippen LogP contribution in [-0.4, -0.2) is 70.7 Å². The summed E-state index contributed by atoms with van der Waals surface area (Å²) in [6.07, 6.45) is 2.11. The maximum Gasteiger partial charge on any atom is 0.239 e. The first-order valence-electron chi connectivity index (χ1n) is 7.45. The van der Waals surface area contributed by atoms with Crippen LogP contribution in [-0.2, 0) is 11.3 Å². The third kappa shape index (κ3) is 3.60. The molecule has 0 spiro atoms. The Balaban J connectivity index is 1.47. The molecule has 21 heavy (non-hydrogen) atoms. The number of nitrogens with one attached hydrogen (secondary N) is 1. The van der Waals surface area contributed by atoms with Crippen LogP contribution in [0.1, 0.15) is 16.3 Å². The first kappa shape index (κ1) is 14.9. The number of hydrogen-bond donors (Lipinski definition) is 2. The fourth-order valence-electron chi connectivity index (χ4n) is 2.95. The van der Waals surface area contributed by atoms with Crippen molar-refractivity contribution in [2.45, 2.75) is 32.0 Å². The molecule has 0 saturated carbocycles. The van der Waals surface area contributed by atoms with Gasteiger partial charge in [-0.1, -0.05) is 0 Å². The van der Waals surface area contributed by atoms with Gasteiger partial charge in [0.2, 0.25) is 5.91 Å². The number of carbonyl (C=O) groups is 1. The lowest BCUT2D eigenvalue weighted by Crippen LogP contribution is -2.52. The molecule has 2 N–H and O–H groups in total.